The van der Waals surface area contributed by atoms with Crippen LogP contribution >= 0.6 is 0 Å². The Morgan fingerprint density at radius 2 is 1.79 bits per heavy atom. The maximum atomic E-state index is 11.8. The lowest BCUT2D eigenvalue weighted by Crippen LogP contribution is -2.56. The third-order valence-corrected chi connectivity index (χ3v) is 4.52. The lowest BCUT2D eigenvalue weighted by Gasteiger charge is -2.54. The van der Waals surface area contributed by atoms with Gasteiger partial charge in [0.2, 0.25) is 5.91 Å². The third-order valence-electron chi connectivity index (χ3n) is 4.52. The summed E-state index contributed by atoms with van der Waals surface area (Å²) in [4.78, 5) is 23.3. The predicted octanol–water partition coefficient (Wildman–Crippen LogP) is 0.867. The standard InChI is InChI=1S/C11H15NO2/c12-10(14)11-3-6-1-7(4-11)9(13)8(2-6)5-11/h6-8H,1-5H2,(H2,12,14). The first-order valence-corrected chi connectivity index (χ1v) is 5.44. The summed E-state index contributed by atoms with van der Waals surface area (Å²) in [5, 5.41) is 0. The first-order chi connectivity index (χ1) is 6.61. The minimum Gasteiger partial charge on any atom is -0.369 e. The number of primary amides is 1. The van der Waals surface area contributed by atoms with Gasteiger partial charge in [-0.05, 0) is 38.0 Å². The maximum Gasteiger partial charge on any atom is 0.223 e. The highest BCUT2D eigenvalue weighted by molar-refractivity contribution is 5.90. The topological polar surface area (TPSA) is 60.2 Å². The zero-order chi connectivity index (χ0) is 9.92. The summed E-state index contributed by atoms with van der Waals surface area (Å²) in [5.74, 6) is 1.17. The number of nitrogens with two attached hydrogens (primary N) is 1. The molecular formula is C11H15NO2. The Morgan fingerprint density at radius 1 is 1.21 bits per heavy atom. The van der Waals surface area contributed by atoms with Gasteiger partial charge in [0.05, 0.1) is 5.41 Å². The van der Waals surface area contributed by atoms with Crippen LogP contribution in [0.5, 0.6) is 0 Å². The minimum atomic E-state index is -0.301. The molecule has 0 aromatic carbocycles. The number of hydrogen-bond acceptors (Lipinski definition) is 2. The Bertz CT molecular complexity index is 305. The van der Waals surface area contributed by atoms with E-state index in [1.807, 2.05) is 0 Å². The molecule has 4 rings (SSSR count). The third kappa shape index (κ3) is 0.877. The van der Waals surface area contributed by atoms with E-state index in [9.17, 15) is 9.59 Å². The highest BCUT2D eigenvalue weighted by Gasteiger charge is 2.57. The van der Waals surface area contributed by atoms with Crippen molar-refractivity contribution in [2.24, 2.45) is 28.9 Å². The second-order valence-corrected chi connectivity index (χ2v) is 5.39. The van der Waals surface area contributed by atoms with Crippen LogP contribution in [0.1, 0.15) is 32.1 Å². The molecule has 4 saturated carbocycles. The Morgan fingerprint density at radius 3 is 2.29 bits per heavy atom. The first kappa shape index (κ1) is 8.45. The van der Waals surface area contributed by atoms with Crippen LogP contribution < -0.4 is 5.73 Å². The highest BCUT2D eigenvalue weighted by atomic mass is 16.1. The molecule has 3 heteroatoms. The van der Waals surface area contributed by atoms with Crippen LogP contribution in [0.3, 0.4) is 0 Å². The van der Waals surface area contributed by atoms with E-state index in [1.165, 1.54) is 0 Å². The van der Waals surface area contributed by atoms with E-state index in [0.29, 0.717) is 11.7 Å². The summed E-state index contributed by atoms with van der Waals surface area (Å²) >= 11 is 0. The van der Waals surface area contributed by atoms with Crippen molar-refractivity contribution < 1.29 is 9.59 Å². The highest BCUT2D eigenvalue weighted by Crippen LogP contribution is 2.58. The van der Waals surface area contributed by atoms with Crippen LogP contribution in [0.25, 0.3) is 0 Å². The van der Waals surface area contributed by atoms with E-state index in [2.05, 4.69) is 0 Å². The molecule has 0 heterocycles. The van der Waals surface area contributed by atoms with Crippen LogP contribution in [0.15, 0.2) is 0 Å². The Balaban J connectivity index is 2.00. The van der Waals surface area contributed by atoms with E-state index in [0.717, 1.165) is 32.1 Å². The Kier molecular flexibility index (Phi) is 1.44. The van der Waals surface area contributed by atoms with Gasteiger partial charge in [0.1, 0.15) is 5.78 Å². The number of carbonyl (C=O) groups excluding carboxylic acids is 2. The van der Waals surface area contributed by atoms with Crippen molar-refractivity contribution in [1.29, 1.82) is 0 Å². The monoisotopic (exact) mass is 193 g/mol. The van der Waals surface area contributed by atoms with E-state index in [4.69, 9.17) is 5.73 Å². The largest absolute Gasteiger partial charge is 0.369 e. The first-order valence-electron chi connectivity index (χ1n) is 5.44. The lowest BCUT2D eigenvalue weighted by molar-refractivity contribution is -0.155. The number of hydrogen-bond donors (Lipinski definition) is 1. The molecule has 4 fully saturated rings. The number of rotatable bonds is 1. The van der Waals surface area contributed by atoms with E-state index < -0.39 is 0 Å². The average Bonchev–Trinajstić information content (AvgIpc) is 2.12. The molecule has 4 aliphatic carbocycles. The van der Waals surface area contributed by atoms with Gasteiger partial charge in [-0.15, -0.1) is 0 Å². The number of ketones is 1. The fourth-order valence-corrected chi connectivity index (χ4v) is 4.05. The van der Waals surface area contributed by atoms with Crippen molar-refractivity contribution in [2.75, 3.05) is 0 Å². The molecule has 0 aromatic rings. The normalized spacial score (nSPS) is 49.7. The number of amides is 1. The molecule has 2 atom stereocenters. The molecular weight excluding hydrogens is 178 g/mol. The summed E-state index contributed by atoms with van der Waals surface area (Å²) in [7, 11) is 0. The fraction of sp³-hybridized carbons (Fsp3) is 0.818. The molecule has 1 amide bonds. The van der Waals surface area contributed by atoms with E-state index >= 15 is 0 Å². The number of carbonyl (C=O) groups is 2. The molecule has 4 bridgehead atoms. The van der Waals surface area contributed by atoms with Gasteiger partial charge in [0.25, 0.3) is 0 Å². The average molecular weight is 193 g/mol. The minimum absolute atomic E-state index is 0.161. The second kappa shape index (κ2) is 2.38. The lowest BCUT2D eigenvalue weighted by atomic mass is 9.49. The Labute approximate surface area is 83.0 Å². The van der Waals surface area contributed by atoms with Crippen LogP contribution in [0.4, 0.5) is 0 Å². The molecule has 0 aliphatic heterocycles. The number of Topliss-reactive ketones (excluding diaryl/α,β-unsaturated/α-hetero) is 1. The molecule has 0 aromatic heterocycles. The van der Waals surface area contributed by atoms with Gasteiger partial charge in [0.15, 0.2) is 0 Å². The zero-order valence-electron chi connectivity index (χ0n) is 8.16. The molecule has 0 saturated heterocycles. The van der Waals surface area contributed by atoms with Crippen molar-refractivity contribution in [3.05, 3.63) is 0 Å². The van der Waals surface area contributed by atoms with Gasteiger partial charge in [-0.3, -0.25) is 9.59 Å². The molecule has 3 nitrogen and oxygen atoms in total. The summed E-state index contributed by atoms with van der Waals surface area (Å²) in [6.45, 7) is 0. The summed E-state index contributed by atoms with van der Waals surface area (Å²) in [5.41, 5.74) is 5.19. The smallest absolute Gasteiger partial charge is 0.223 e. The summed E-state index contributed by atoms with van der Waals surface area (Å²) < 4.78 is 0. The van der Waals surface area contributed by atoms with Crippen LogP contribution in [0, 0.1) is 23.2 Å². The summed E-state index contributed by atoms with van der Waals surface area (Å²) in [6.07, 6.45) is 4.47. The zero-order valence-corrected chi connectivity index (χ0v) is 8.16. The van der Waals surface area contributed by atoms with Crippen molar-refractivity contribution >= 4 is 11.7 Å². The van der Waals surface area contributed by atoms with Gasteiger partial charge in [-0.2, -0.15) is 0 Å². The summed E-state index contributed by atoms with van der Waals surface area (Å²) in [6, 6.07) is 0. The van der Waals surface area contributed by atoms with Crippen molar-refractivity contribution in [3.8, 4) is 0 Å². The van der Waals surface area contributed by atoms with Gasteiger partial charge < -0.3 is 5.73 Å². The van der Waals surface area contributed by atoms with Crippen molar-refractivity contribution in [2.45, 2.75) is 32.1 Å². The second-order valence-electron chi connectivity index (χ2n) is 5.39. The van der Waals surface area contributed by atoms with Crippen LogP contribution in [0.2, 0.25) is 0 Å². The van der Waals surface area contributed by atoms with Gasteiger partial charge in [-0.25, -0.2) is 0 Å². The van der Waals surface area contributed by atoms with Crippen LogP contribution in [-0.4, -0.2) is 11.7 Å². The molecule has 76 valence electrons. The van der Waals surface area contributed by atoms with Gasteiger partial charge in [-0.1, -0.05) is 0 Å². The predicted molar refractivity (Wildman–Crippen MR) is 50.2 cm³/mol. The Hall–Kier alpha value is -0.860. The van der Waals surface area contributed by atoms with E-state index in [1.54, 1.807) is 0 Å². The molecule has 2 unspecified atom stereocenters. The van der Waals surface area contributed by atoms with Crippen molar-refractivity contribution in [3.63, 3.8) is 0 Å². The molecule has 2 N–H and O–H groups in total. The van der Waals surface area contributed by atoms with Crippen LogP contribution in [-0.2, 0) is 9.59 Å². The molecule has 4 aliphatic rings. The SMILES string of the molecule is NC(=O)C12CC3CC(C1)C(=O)C(C3)C2. The molecule has 0 spiro atoms. The maximum absolute atomic E-state index is 11.8. The quantitative estimate of drug-likeness (QED) is 0.671. The molecule has 0 radical (unpaired) electrons. The molecule has 14 heavy (non-hydrogen) atoms. The fourth-order valence-electron chi connectivity index (χ4n) is 4.05. The van der Waals surface area contributed by atoms with Gasteiger partial charge >= 0.3 is 0 Å². The van der Waals surface area contributed by atoms with Crippen molar-refractivity contribution in [1.82, 2.24) is 0 Å². The van der Waals surface area contributed by atoms with Gasteiger partial charge in [0, 0.05) is 11.8 Å². The van der Waals surface area contributed by atoms with E-state index in [-0.39, 0.29) is 23.2 Å².